The maximum atomic E-state index is 13.0. The van der Waals surface area contributed by atoms with E-state index in [0.717, 1.165) is 12.8 Å². The Hall–Kier alpha value is -3.35. The molecule has 0 bridgehead atoms. The van der Waals surface area contributed by atoms with Gasteiger partial charge in [-0.15, -0.1) is 0 Å². The Kier molecular flexibility index (Phi) is 6.44. The van der Waals surface area contributed by atoms with Crippen molar-refractivity contribution in [2.24, 2.45) is 11.8 Å². The molecule has 168 valence electrons. The first-order valence-electron chi connectivity index (χ1n) is 10.8. The van der Waals surface area contributed by atoms with Crippen molar-refractivity contribution in [3.63, 3.8) is 0 Å². The van der Waals surface area contributed by atoms with Crippen LogP contribution in [-0.2, 0) is 4.79 Å². The van der Waals surface area contributed by atoms with Crippen molar-refractivity contribution in [3.8, 4) is 17.2 Å². The molecule has 1 aliphatic carbocycles. The summed E-state index contributed by atoms with van der Waals surface area (Å²) in [6.07, 6.45) is 4.51. The van der Waals surface area contributed by atoms with Crippen LogP contribution in [0.4, 0.5) is 4.39 Å². The van der Waals surface area contributed by atoms with E-state index >= 15 is 0 Å². The number of benzene rings is 2. The molecule has 3 aromatic rings. The van der Waals surface area contributed by atoms with Gasteiger partial charge in [-0.05, 0) is 54.7 Å². The number of nitrogens with one attached hydrogen (secondary N) is 1. The quantitative estimate of drug-likeness (QED) is 0.582. The van der Waals surface area contributed by atoms with Gasteiger partial charge in [0.1, 0.15) is 29.2 Å². The standard InChI is InChI=1S/C25H26FNO5/c1-15-4-3-5-21(16(15)2)27-24(28)14-30-19-10-11-20-22(12-19)31-13-23(25(20)29)32-18-8-6-17(26)7-9-18/h6-13,15-16,21H,3-5,14H2,1-2H3,(H,27,28). The third kappa shape index (κ3) is 4.93. The van der Waals surface area contributed by atoms with Crippen LogP contribution in [0.1, 0.15) is 33.1 Å². The number of hydrogen-bond donors (Lipinski definition) is 1. The van der Waals surface area contributed by atoms with Crippen LogP contribution in [0, 0.1) is 17.7 Å². The average Bonchev–Trinajstić information content (AvgIpc) is 2.79. The SMILES string of the molecule is CC1CCCC(NC(=O)COc2ccc3c(=O)c(Oc4ccc(F)cc4)coc3c2)C1C. The van der Waals surface area contributed by atoms with Crippen LogP contribution in [0.25, 0.3) is 11.0 Å². The summed E-state index contributed by atoms with van der Waals surface area (Å²) < 4.78 is 29.7. The van der Waals surface area contributed by atoms with E-state index in [9.17, 15) is 14.0 Å². The number of carbonyl (C=O) groups is 1. The molecule has 6 nitrogen and oxygen atoms in total. The summed E-state index contributed by atoms with van der Waals surface area (Å²) in [5, 5.41) is 3.38. The molecule has 2 aromatic carbocycles. The van der Waals surface area contributed by atoms with Gasteiger partial charge in [0.2, 0.25) is 11.2 Å². The molecule has 0 aliphatic heterocycles. The fourth-order valence-electron chi connectivity index (χ4n) is 4.06. The Labute approximate surface area is 185 Å². The van der Waals surface area contributed by atoms with Crippen LogP contribution in [0.2, 0.25) is 0 Å². The molecule has 1 saturated carbocycles. The predicted octanol–water partition coefficient (Wildman–Crippen LogP) is 5.04. The highest BCUT2D eigenvalue weighted by atomic mass is 19.1. The normalized spacial score (nSPS) is 20.7. The van der Waals surface area contributed by atoms with Crippen LogP contribution in [-0.4, -0.2) is 18.6 Å². The minimum atomic E-state index is -0.396. The fourth-order valence-corrected chi connectivity index (χ4v) is 4.06. The van der Waals surface area contributed by atoms with Gasteiger partial charge in [-0.2, -0.15) is 0 Å². The molecule has 3 atom stereocenters. The molecular weight excluding hydrogens is 413 g/mol. The predicted molar refractivity (Wildman–Crippen MR) is 119 cm³/mol. The molecule has 32 heavy (non-hydrogen) atoms. The van der Waals surface area contributed by atoms with Crippen LogP contribution in [0.5, 0.6) is 17.2 Å². The molecule has 1 N–H and O–H groups in total. The van der Waals surface area contributed by atoms with Gasteiger partial charge < -0.3 is 19.2 Å². The van der Waals surface area contributed by atoms with Gasteiger partial charge in [-0.3, -0.25) is 9.59 Å². The van der Waals surface area contributed by atoms with E-state index in [1.165, 1.54) is 36.9 Å². The number of rotatable bonds is 6. The summed E-state index contributed by atoms with van der Waals surface area (Å²) in [7, 11) is 0. The molecule has 7 heteroatoms. The smallest absolute Gasteiger partial charge is 0.258 e. The van der Waals surface area contributed by atoms with Crippen molar-refractivity contribution in [2.75, 3.05) is 6.61 Å². The molecule has 0 saturated heterocycles. The largest absolute Gasteiger partial charge is 0.484 e. The topological polar surface area (TPSA) is 77.8 Å². The summed E-state index contributed by atoms with van der Waals surface area (Å²) in [5.74, 6) is 1.21. The molecule has 1 fully saturated rings. The van der Waals surface area contributed by atoms with E-state index in [4.69, 9.17) is 13.9 Å². The zero-order chi connectivity index (χ0) is 22.7. The molecule has 4 rings (SSSR count). The molecule has 3 unspecified atom stereocenters. The van der Waals surface area contributed by atoms with Crippen molar-refractivity contribution in [2.45, 2.75) is 39.2 Å². The zero-order valence-corrected chi connectivity index (χ0v) is 18.1. The highest BCUT2D eigenvalue weighted by Crippen LogP contribution is 2.29. The second-order valence-corrected chi connectivity index (χ2v) is 8.37. The molecule has 1 aliphatic rings. The lowest BCUT2D eigenvalue weighted by Crippen LogP contribution is -2.45. The average molecular weight is 439 g/mol. The highest BCUT2D eigenvalue weighted by Gasteiger charge is 2.28. The fraction of sp³-hybridized carbons (Fsp3) is 0.360. The molecule has 0 spiro atoms. The summed E-state index contributed by atoms with van der Waals surface area (Å²) in [6, 6.07) is 10.3. The number of halogens is 1. The Morgan fingerprint density at radius 1 is 1.12 bits per heavy atom. The number of fused-ring (bicyclic) bond motifs is 1. The zero-order valence-electron chi connectivity index (χ0n) is 18.1. The third-order valence-electron chi connectivity index (χ3n) is 6.18. The van der Waals surface area contributed by atoms with E-state index < -0.39 is 5.82 Å². The maximum Gasteiger partial charge on any atom is 0.258 e. The Bertz CT molecular complexity index is 1160. The molecule has 1 amide bonds. The van der Waals surface area contributed by atoms with E-state index in [1.807, 2.05) is 0 Å². The molecule has 0 radical (unpaired) electrons. The van der Waals surface area contributed by atoms with E-state index in [-0.39, 0.29) is 29.7 Å². The molecular formula is C25H26FNO5. The lowest BCUT2D eigenvalue weighted by atomic mass is 9.78. The summed E-state index contributed by atoms with van der Waals surface area (Å²) >= 11 is 0. The Morgan fingerprint density at radius 2 is 1.88 bits per heavy atom. The van der Waals surface area contributed by atoms with Gasteiger partial charge in [0.25, 0.3) is 5.91 Å². The van der Waals surface area contributed by atoms with Crippen LogP contribution in [0.3, 0.4) is 0 Å². The van der Waals surface area contributed by atoms with Crippen LogP contribution < -0.4 is 20.2 Å². The maximum absolute atomic E-state index is 13.0. The van der Waals surface area contributed by atoms with Gasteiger partial charge >= 0.3 is 0 Å². The van der Waals surface area contributed by atoms with Gasteiger partial charge in [-0.25, -0.2) is 4.39 Å². The monoisotopic (exact) mass is 439 g/mol. The number of amides is 1. The Balaban J connectivity index is 1.40. The van der Waals surface area contributed by atoms with Gasteiger partial charge in [0.05, 0.1) is 5.39 Å². The number of ether oxygens (including phenoxy) is 2. The van der Waals surface area contributed by atoms with Crippen molar-refractivity contribution >= 4 is 16.9 Å². The minimum Gasteiger partial charge on any atom is -0.484 e. The van der Waals surface area contributed by atoms with Crippen molar-refractivity contribution in [3.05, 3.63) is 64.8 Å². The van der Waals surface area contributed by atoms with Gasteiger partial charge in [0, 0.05) is 12.1 Å². The summed E-state index contributed by atoms with van der Waals surface area (Å²) in [4.78, 5) is 25.0. The lowest BCUT2D eigenvalue weighted by Gasteiger charge is -2.34. The summed E-state index contributed by atoms with van der Waals surface area (Å²) in [6.45, 7) is 4.28. The third-order valence-corrected chi connectivity index (χ3v) is 6.18. The highest BCUT2D eigenvalue weighted by molar-refractivity contribution is 5.80. The van der Waals surface area contributed by atoms with Gasteiger partial charge in [-0.1, -0.05) is 26.7 Å². The molecule has 1 aromatic heterocycles. The van der Waals surface area contributed by atoms with E-state index in [0.29, 0.717) is 34.3 Å². The number of carbonyl (C=O) groups excluding carboxylic acids is 1. The van der Waals surface area contributed by atoms with E-state index in [1.54, 1.807) is 18.2 Å². The first-order valence-corrected chi connectivity index (χ1v) is 10.8. The number of hydrogen-bond acceptors (Lipinski definition) is 5. The second-order valence-electron chi connectivity index (χ2n) is 8.37. The summed E-state index contributed by atoms with van der Waals surface area (Å²) in [5.41, 5.74) is -0.0469. The molecule has 1 heterocycles. The van der Waals surface area contributed by atoms with Gasteiger partial charge in [0.15, 0.2) is 6.61 Å². The Morgan fingerprint density at radius 3 is 2.66 bits per heavy atom. The minimum absolute atomic E-state index is 0.00650. The second kappa shape index (κ2) is 9.42. The van der Waals surface area contributed by atoms with Crippen molar-refractivity contribution < 1.29 is 23.1 Å². The first-order chi connectivity index (χ1) is 15.4. The first kappa shape index (κ1) is 21.9. The van der Waals surface area contributed by atoms with Crippen LogP contribution >= 0.6 is 0 Å². The van der Waals surface area contributed by atoms with Crippen LogP contribution in [0.15, 0.2) is 57.9 Å². The van der Waals surface area contributed by atoms with Crippen molar-refractivity contribution in [1.82, 2.24) is 5.32 Å². The lowest BCUT2D eigenvalue weighted by molar-refractivity contribution is -0.124. The van der Waals surface area contributed by atoms with E-state index in [2.05, 4.69) is 19.2 Å². The van der Waals surface area contributed by atoms with Crippen molar-refractivity contribution in [1.29, 1.82) is 0 Å².